The minimum Gasteiger partial charge on any atom is -0.372 e. The molecule has 0 N–H and O–H groups in total. The number of rotatable bonds is 2. The minimum absolute atomic E-state index is 0.629. The van der Waals surface area contributed by atoms with E-state index < -0.39 is 0 Å². The van der Waals surface area contributed by atoms with Crippen molar-refractivity contribution in [1.29, 1.82) is 0 Å². The number of anilines is 1. The van der Waals surface area contributed by atoms with Crippen molar-refractivity contribution in [1.82, 2.24) is 0 Å². The molecule has 1 heterocycles. The highest BCUT2D eigenvalue weighted by Crippen LogP contribution is 2.27. The summed E-state index contributed by atoms with van der Waals surface area (Å²) in [6, 6.07) is 6.91. The van der Waals surface area contributed by atoms with Crippen molar-refractivity contribution in [3.8, 4) is 0 Å². The quantitative estimate of drug-likeness (QED) is 0.745. The molecule has 0 spiro atoms. The summed E-state index contributed by atoms with van der Waals surface area (Å²) >= 11 is 2.46. The SMILES string of the molecule is CC(C)c1ccc(N2CCCC2)cc1I. The summed E-state index contributed by atoms with van der Waals surface area (Å²) < 4.78 is 1.41. The van der Waals surface area contributed by atoms with Gasteiger partial charge in [-0.1, -0.05) is 19.9 Å². The Hall–Kier alpha value is -0.250. The Kier molecular flexibility index (Phi) is 3.54. The van der Waals surface area contributed by atoms with Gasteiger partial charge in [-0.15, -0.1) is 0 Å². The van der Waals surface area contributed by atoms with E-state index in [1.165, 1.54) is 40.8 Å². The van der Waals surface area contributed by atoms with Gasteiger partial charge in [-0.3, -0.25) is 0 Å². The van der Waals surface area contributed by atoms with E-state index in [0.29, 0.717) is 5.92 Å². The highest BCUT2D eigenvalue weighted by atomic mass is 127. The zero-order valence-corrected chi connectivity index (χ0v) is 11.6. The van der Waals surface area contributed by atoms with Crippen molar-refractivity contribution in [3.05, 3.63) is 27.3 Å². The smallest absolute Gasteiger partial charge is 0.0377 e. The van der Waals surface area contributed by atoms with E-state index in [0.717, 1.165) is 0 Å². The molecule has 0 unspecified atom stereocenters. The predicted molar refractivity (Wildman–Crippen MR) is 74.7 cm³/mol. The maximum absolute atomic E-state index is 2.49. The lowest BCUT2D eigenvalue weighted by molar-refractivity contribution is 0.858. The van der Waals surface area contributed by atoms with Crippen LogP contribution in [0.4, 0.5) is 5.69 Å². The zero-order chi connectivity index (χ0) is 10.8. The Morgan fingerprint density at radius 1 is 1.20 bits per heavy atom. The summed E-state index contributed by atoms with van der Waals surface area (Å²) in [5, 5.41) is 0. The fourth-order valence-electron chi connectivity index (χ4n) is 2.16. The van der Waals surface area contributed by atoms with Gasteiger partial charge in [0, 0.05) is 22.3 Å². The Balaban J connectivity index is 2.24. The minimum atomic E-state index is 0.629. The summed E-state index contributed by atoms with van der Waals surface area (Å²) in [4.78, 5) is 2.49. The lowest BCUT2D eigenvalue weighted by Gasteiger charge is -2.19. The van der Waals surface area contributed by atoms with Crippen LogP contribution in [-0.4, -0.2) is 13.1 Å². The molecule has 1 aromatic rings. The van der Waals surface area contributed by atoms with Gasteiger partial charge >= 0.3 is 0 Å². The molecule has 1 aliphatic heterocycles. The molecule has 0 radical (unpaired) electrons. The molecular formula is C13H18IN. The average Bonchev–Trinajstić information content (AvgIpc) is 2.69. The first-order chi connectivity index (χ1) is 7.18. The van der Waals surface area contributed by atoms with Gasteiger partial charge in [-0.2, -0.15) is 0 Å². The summed E-state index contributed by atoms with van der Waals surface area (Å²) in [5.74, 6) is 0.629. The second-order valence-corrected chi connectivity index (χ2v) is 5.72. The van der Waals surface area contributed by atoms with E-state index in [4.69, 9.17) is 0 Å². The van der Waals surface area contributed by atoms with Crippen molar-refractivity contribution in [2.75, 3.05) is 18.0 Å². The topological polar surface area (TPSA) is 3.24 Å². The van der Waals surface area contributed by atoms with Crippen molar-refractivity contribution in [2.24, 2.45) is 0 Å². The first-order valence-corrected chi connectivity index (χ1v) is 6.81. The normalized spacial score (nSPS) is 16.4. The van der Waals surface area contributed by atoms with Gasteiger partial charge < -0.3 is 4.90 Å². The summed E-state index contributed by atoms with van der Waals surface area (Å²) in [6.07, 6.45) is 2.70. The molecule has 2 rings (SSSR count). The number of benzene rings is 1. The summed E-state index contributed by atoms with van der Waals surface area (Å²) in [5.41, 5.74) is 2.87. The average molecular weight is 315 g/mol. The number of nitrogens with zero attached hydrogens (tertiary/aromatic N) is 1. The Labute approximate surface area is 106 Å². The maximum atomic E-state index is 2.49. The van der Waals surface area contributed by atoms with E-state index in [2.05, 4.69) is 59.5 Å². The van der Waals surface area contributed by atoms with Gasteiger partial charge in [0.25, 0.3) is 0 Å². The molecule has 0 bridgehead atoms. The monoisotopic (exact) mass is 315 g/mol. The zero-order valence-electron chi connectivity index (χ0n) is 9.46. The van der Waals surface area contributed by atoms with E-state index >= 15 is 0 Å². The second-order valence-electron chi connectivity index (χ2n) is 4.55. The fourth-order valence-corrected chi connectivity index (χ4v) is 3.28. The van der Waals surface area contributed by atoms with E-state index in [1.807, 2.05) is 0 Å². The Morgan fingerprint density at radius 2 is 1.87 bits per heavy atom. The van der Waals surface area contributed by atoms with Crippen LogP contribution in [-0.2, 0) is 0 Å². The third-order valence-electron chi connectivity index (χ3n) is 3.08. The largest absolute Gasteiger partial charge is 0.372 e. The highest BCUT2D eigenvalue weighted by Gasteiger charge is 2.13. The first-order valence-electron chi connectivity index (χ1n) is 5.73. The number of hydrogen-bond acceptors (Lipinski definition) is 1. The van der Waals surface area contributed by atoms with E-state index in [-0.39, 0.29) is 0 Å². The molecule has 15 heavy (non-hydrogen) atoms. The third-order valence-corrected chi connectivity index (χ3v) is 4.01. The van der Waals surface area contributed by atoms with E-state index in [9.17, 15) is 0 Å². The summed E-state index contributed by atoms with van der Waals surface area (Å²) in [6.45, 7) is 6.98. The molecule has 0 saturated carbocycles. The maximum Gasteiger partial charge on any atom is 0.0377 e. The third kappa shape index (κ3) is 2.47. The molecule has 1 aliphatic rings. The van der Waals surface area contributed by atoms with Crippen molar-refractivity contribution in [2.45, 2.75) is 32.6 Å². The Bertz CT molecular complexity index is 340. The van der Waals surface area contributed by atoms with Crippen LogP contribution in [0, 0.1) is 3.57 Å². The highest BCUT2D eigenvalue weighted by molar-refractivity contribution is 14.1. The van der Waals surface area contributed by atoms with Crippen LogP contribution >= 0.6 is 22.6 Å². The van der Waals surface area contributed by atoms with Crippen molar-refractivity contribution < 1.29 is 0 Å². The molecule has 1 aromatic carbocycles. The molecule has 1 saturated heterocycles. The lowest BCUT2D eigenvalue weighted by Crippen LogP contribution is -2.17. The molecule has 2 heteroatoms. The Morgan fingerprint density at radius 3 is 2.40 bits per heavy atom. The standard InChI is InChI=1S/C13H18IN/c1-10(2)12-6-5-11(9-13(12)14)15-7-3-4-8-15/h5-6,9-10H,3-4,7-8H2,1-2H3. The van der Waals surface area contributed by atoms with Crippen LogP contribution in [0.25, 0.3) is 0 Å². The van der Waals surface area contributed by atoms with Gasteiger partial charge in [0.1, 0.15) is 0 Å². The van der Waals surface area contributed by atoms with Crippen molar-refractivity contribution >= 4 is 28.3 Å². The molecule has 0 aromatic heterocycles. The van der Waals surface area contributed by atoms with Gasteiger partial charge in [0.05, 0.1) is 0 Å². The van der Waals surface area contributed by atoms with Crippen LogP contribution in [0.2, 0.25) is 0 Å². The molecule has 82 valence electrons. The summed E-state index contributed by atoms with van der Waals surface area (Å²) in [7, 11) is 0. The van der Waals surface area contributed by atoms with Gasteiger partial charge in [-0.25, -0.2) is 0 Å². The lowest BCUT2D eigenvalue weighted by atomic mass is 10.0. The predicted octanol–water partition coefficient (Wildman–Crippen LogP) is 4.01. The van der Waals surface area contributed by atoms with Crippen LogP contribution < -0.4 is 4.90 Å². The van der Waals surface area contributed by atoms with Gasteiger partial charge in [0.2, 0.25) is 0 Å². The molecule has 1 nitrogen and oxygen atoms in total. The van der Waals surface area contributed by atoms with Crippen molar-refractivity contribution in [3.63, 3.8) is 0 Å². The molecule has 0 atom stereocenters. The number of halogens is 1. The van der Waals surface area contributed by atoms with Crippen LogP contribution in [0.3, 0.4) is 0 Å². The first kappa shape index (κ1) is 11.2. The van der Waals surface area contributed by atoms with E-state index in [1.54, 1.807) is 0 Å². The fraction of sp³-hybridized carbons (Fsp3) is 0.538. The molecule has 0 amide bonds. The number of hydrogen-bond donors (Lipinski definition) is 0. The molecule has 1 fully saturated rings. The van der Waals surface area contributed by atoms with Crippen LogP contribution in [0.1, 0.15) is 38.2 Å². The van der Waals surface area contributed by atoms with Gasteiger partial charge in [-0.05, 0) is 59.0 Å². The van der Waals surface area contributed by atoms with Gasteiger partial charge in [0.15, 0.2) is 0 Å². The van der Waals surface area contributed by atoms with Crippen LogP contribution in [0.5, 0.6) is 0 Å². The second kappa shape index (κ2) is 4.73. The molecular weight excluding hydrogens is 297 g/mol. The molecule has 0 aliphatic carbocycles. The van der Waals surface area contributed by atoms with Crippen LogP contribution in [0.15, 0.2) is 18.2 Å².